The largest absolute Gasteiger partial charge is 0.317 e. The van der Waals surface area contributed by atoms with E-state index in [2.05, 4.69) is 32.8 Å². The normalized spacial score (nSPS) is 17.4. The van der Waals surface area contributed by atoms with Crippen molar-refractivity contribution in [2.24, 2.45) is 0 Å². The zero-order chi connectivity index (χ0) is 11.8. The number of hydrogen-bond donors (Lipinski definition) is 2. The van der Waals surface area contributed by atoms with Gasteiger partial charge in [0.15, 0.2) is 0 Å². The molecule has 2 heterocycles. The van der Waals surface area contributed by atoms with Crippen LogP contribution >= 0.6 is 23.1 Å². The molecule has 0 spiro atoms. The van der Waals surface area contributed by atoms with Crippen LogP contribution in [0.15, 0.2) is 10.9 Å². The standard InChI is InChI=1S/C12H21N3S2/c1(11-9-16-10-15-11)4-14-7-8-17-12-2-5-13-6-3-12/h9-10,12-14H,1-8H2. The van der Waals surface area contributed by atoms with Gasteiger partial charge in [0.05, 0.1) is 11.2 Å². The minimum Gasteiger partial charge on any atom is -0.317 e. The van der Waals surface area contributed by atoms with Gasteiger partial charge in [-0.25, -0.2) is 4.98 Å². The summed E-state index contributed by atoms with van der Waals surface area (Å²) < 4.78 is 0. The van der Waals surface area contributed by atoms with Crippen LogP contribution in [-0.4, -0.2) is 42.2 Å². The minimum atomic E-state index is 0.886. The van der Waals surface area contributed by atoms with Crippen molar-refractivity contribution in [3.8, 4) is 0 Å². The second-order valence-electron chi connectivity index (χ2n) is 4.30. The Kier molecular flexibility index (Phi) is 6.34. The maximum Gasteiger partial charge on any atom is 0.0794 e. The summed E-state index contributed by atoms with van der Waals surface area (Å²) >= 11 is 3.81. The molecule has 0 saturated carbocycles. The lowest BCUT2D eigenvalue weighted by Crippen LogP contribution is -2.30. The number of nitrogens with zero attached hydrogens (tertiary/aromatic N) is 1. The van der Waals surface area contributed by atoms with Crippen LogP contribution in [0.4, 0.5) is 0 Å². The molecule has 5 heteroatoms. The Morgan fingerprint density at radius 1 is 1.41 bits per heavy atom. The highest BCUT2D eigenvalue weighted by Gasteiger charge is 2.12. The van der Waals surface area contributed by atoms with Crippen LogP contribution in [0.2, 0.25) is 0 Å². The van der Waals surface area contributed by atoms with E-state index in [4.69, 9.17) is 0 Å². The van der Waals surface area contributed by atoms with E-state index < -0.39 is 0 Å². The lowest BCUT2D eigenvalue weighted by molar-refractivity contribution is 0.531. The summed E-state index contributed by atoms with van der Waals surface area (Å²) in [7, 11) is 0. The average Bonchev–Trinajstić information content (AvgIpc) is 2.88. The van der Waals surface area contributed by atoms with Gasteiger partial charge in [0.1, 0.15) is 0 Å². The molecule has 0 amide bonds. The molecule has 0 aromatic carbocycles. The van der Waals surface area contributed by atoms with Crippen molar-refractivity contribution in [3.05, 3.63) is 16.6 Å². The van der Waals surface area contributed by atoms with E-state index in [0.717, 1.165) is 24.8 Å². The van der Waals surface area contributed by atoms with Crippen LogP contribution in [0.1, 0.15) is 18.5 Å². The van der Waals surface area contributed by atoms with Crippen LogP contribution in [-0.2, 0) is 6.42 Å². The molecule has 1 aromatic rings. The third-order valence-corrected chi connectivity index (χ3v) is 4.98. The molecule has 2 rings (SSSR count). The molecule has 0 atom stereocenters. The molecule has 1 aliphatic rings. The van der Waals surface area contributed by atoms with Gasteiger partial charge in [-0.3, -0.25) is 0 Å². The number of thiazole rings is 1. The van der Waals surface area contributed by atoms with Crippen LogP contribution < -0.4 is 10.6 Å². The fourth-order valence-corrected chi connectivity index (χ4v) is 3.72. The summed E-state index contributed by atoms with van der Waals surface area (Å²) in [6.45, 7) is 4.58. The molecule has 2 N–H and O–H groups in total. The fraction of sp³-hybridized carbons (Fsp3) is 0.750. The molecule has 1 aliphatic heterocycles. The molecule has 1 aromatic heterocycles. The van der Waals surface area contributed by atoms with Crippen molar-refractivity contribution in [2.75, 3.05) is 31.9 Å². The van der Waals surface area contributed by atoms with E-state index in [-0.39, 0.29) is 0 Å². The SMILES string of the molecule is c1nc(CCNCCSC2CCNCC2)cs1. The lowest BCUT2D eigenvalue weighted by atomic mass is 10.2. The number of rotatable bonds is 7. The molecule has 17 heavy (non-hydrogen) atoms. The number of aromatic nitrogens is 1. The summed E-state index contributed by atoms with van der Waals surface area (Å²) in [5.74, 6) is 1.24. The molecule has 1 saturated heterocycles. The highest BCUT2D eigenvalue weighted by molar-refractivity contribution is 7.99. The predicted molar refractivity (Wildman–Crippen MR) is 77.0 cm³/mol. The monoisotopic (exact) mass is 271 g/mol. The lowest BCUT2D eigenvalue weighted by Gasteiger charge is -2.21. The molecule has 0 radical (unpaired) electrons. The van der Waals surface area contributed by atoms with Gasteiger partial charge in [0, 0.05) is 35.9 Å². The Balaban J connectivity index is 1.43. The van der Waals surface area contributed by atoms with Gasteiger partial charge in [-0.15, -0.1) is 11.3 Å². The van der Waals surface area contributed by atoms with Gasteiger partial charge in [-0.2, -0.15) is 11.8 Å². The van der Waals surface area contributed by atoms with Crippen molar-refractivity contribution in [1.82, 2.24) is 15.6 Å². The fourth-order valence-electron chi connectivity index (χ4n) is 1.96. The Morgan fingerprint density at radius 2 is 2.29 bits per heavy atom. The Morgan fingerprint density at radius 3 is 3.06 bits per heavy atom. The number of nitrogens with one attached hydrogen (secondary N) is 2. The van der Waals surface area contributed by atoms with Crippen LogP contribution in [0.5, 0.6) is 0 Å². The predicted octanol–water partition coefficient (Wildman–Crippen LogP) is 1.76. The first-order valence-electron chi connectivity index (χ1n) is 6.35. The Bertz CT molecular complexity index is 284. The summed E-state index contributed by atoms with van der Waals surface area (Å²) in [6, 6.07) is 0. The minimum absolute atomic E-state index is 0.886. The van der Waals surface area contributed by atoms with Crippen molar-refractivity contribution >= 4 is 23.1 Å². The maximum absolute atomic E-state index is 4.27. The third kappa shape index (κ3) is 5.38. The first kappa shape index (κ1) is 13.3. The Hall–Kier alpha value is -0.100. The summed E-state index contributed by atoms with van der Waals surface area (Å²) in [5, 5.41) is 9.91. The van der Waals surface area contributed by atoms with Crippen molar-refractivity contribution < 1.29 is 0 Å². The molecule has 0 unspecified atom stereocenters. The second kappa shape index (κ2) is 8.08. The van der Waals surface area contributed by atoms with Gasteiger partial charge in [0.2, 0.25) is 0 Å². The van der Waals surface area contributed by atoms with Crippen molar-refractivity contribution in [3.63, 3.8) is 0 Å². The van der Waals surface area contributed by atoms with Crippen molar-refractivity contribution in [1.29, 1.82) is 0 Å². The smallest absolute Gasteiger partial charge is 0.0794 e. The molecular weight excluding hydrogens is 250 g/mol. The first-order valence-corrected chi connectivity index (χ1v) is 8.34. The van der Waals surface area contributed by atoms with Gasteiger partial charge in [-0.1, -0.05) is 0 Å². The van der Waals surface area contributed by atoms with Crippen LogP contribution in [0.3, 0.4) is 0 Å². The maximum atomic E-state index is 4.27. The van der Waals surface area contributed by atoms with Crippen LogP contribution in [0, 0.1) is 0 Å². The summed E-state index contributed by atoms with van der Waals surface area (Å²) in [4.78, 5) is 4.27. The highest BCUT2D eigenvalue weighted by atomic mass is 32.2. The molecule has 96 valence electrons. The zero-order valence-electron chi connectivity index (χ0n) is 10.2. The molecule has 1 fully saturated rings. The summed E-state index contributed by atoms with van der Waals surface area (Å²) in [6.07, 6.45) is 3.73. The van der Waals surface area contributed by atoms with E-state index in [1.165, 1.54) is 37.4 Å². The van der Waals surface area contributed by atoms with E-state index in [1.807, 2.05) is 5.51 Å². The topological polar surface area (TPSA) is 37.0 Å². The number of thioether (sulfide) groups is 1. The average molecular weight is 271 g/mol. The number of piperidine rings is 1. The quantitative estimate of drug-likeness (QED) is 0.741. The van der Waals surface area contributed by atoms with Gasteiger partial charge >= 0.3 is 0 Å². The molecule has 0 bridgehead atoms. The van der Waals surface area contributed by atoms with E-state index in [1.54, 1.807) is 11.3 Å². The van der Waals surface area contributed by atoms with Crippen LogP contribution in [0.25, 0.3) is 0 Å². The van der Waals surface area contributed by atoms with Gasteiger partial charge < -0.3 is 10.6 Å². The zero-order valence-corrected chi connectivity index (χ0v) is 11.8. The third-order valence-electron chi connectivity index (χ3n) is 2.96. The second-order valence-corrected chi connectivity index (χ2v) is 6.43. The molecule has 3 nitrogen and oxygen atoms in total. The first-order chi connectivity index (χ1) is 8.45. The van der Waals surface area contributed by atoms with E-state index in [9.17, 15) is 0 Å². The van der Waals surface area contributed by atoms with E-state index in [0.29, 0.717) is 0 Å². The van der Waals surface area contributed by atoms with Crippen molar-refractivity contribution in [2.45, 2.75) is 24.5 Å². The summed E-state index contributed by atoms with van der Waals surface area (Å²) in [5.41, 5.74) is 3.12. The van der Waals surface area contributed by atoms with E-state index >= 15 is 0 Å². The van der Waals surface area contributed by atoms with Gasteiger partial charge in [0.25, 0.3) is 0 Å². The highest BCUT2D eigenvalue weighted by Crippen LogP contribution is 2.19. The van der Waals surface area contributed by atoms with Gasteiger partial charge in [-0.05, 0) is 25.9 Å². The molecule has 0 aliphatic carbocycles. The number of hydrogen-bond acceptors (Lipinski definition) is 5. The molecular formula is C12H21N3S2. The Labute approximate surface area is 112 Å².